The number of methoxy groups -OCH3 is 1. The van der Waals surface area contributed by atoms with E-state index in [0.717, 1.165) is 41.7 Å². The maximum absolute atomic E-state index is 16.9. The normalized spacial score (nSPS) is 25.0. The molecule has 398 valence electrons. The molecule has 5 aliphatic heterocycles. The molecule has 1 aliphatic carbocycles. The van der Waals surface area contributed by atoms with Crippen LogP contribution in [0.3, 0.4) is 0 Å². The van der Waals surface area contributed by atoms with Crippen molar-refractivity contribution in [1.29, 1.82) is 0 Å². The molecule has 6 aliphatic rings. The number of nitrogens with one attached hydrogen (secondary N) is 1. The number of fused-ring (bicyclic) bond motifs is 4. The highest BCUT2D eigenvalue weighted by molar-refractivity contribution is 6.25. The quantitative estimate of drug-likeness (QED) is 0.0750. The highest BCUT2D eigenvalue weighted by Crippen LogP contribution is 2.66. The van der Waals surface area contributed by atoms with Crippen molar-refractivity contribution in [3.63, 3.8) is 0 Å². The van der Waals surface area contributed by atoms with Crippen LogP contribution in [-0.4, -0.2) is 112 Å². The number of phenolic OH excluding ortho intramolecular Hbond substituents is 1. The molecule has 3 saturated heterocycles. The van der Waals surface area contributed by atoms with Crippen LogP contribution in [0.5, 0.6) is 17.2 Å². The smallest absolute Gasteiger partial charge is 0.329 e. The van der Waals surface area contributed by atoms with Crippen LogP contribution in [0.25, 0.3) is 0 Å². The Kier molecular flexibility index (Phi) is 14.0. The fourth-order valence-electron chi connectivity index (χ4n) is 12.7. The summed E-state index contributed by atoms with van der Waals surface area (Å²) in [6, 6.07) is 30.5. The van der Waals surface area contributed by atoms with Crippen molar-refractivity contribution in [2.45, 2.75) is 100 Å². The summed E-state index contributed by atoms with van der Waals surface area (Å²) in [7, 11) is 1.22. The zero-order valence-corrected chi connectivity index (χ0v) is 43.4. The molecule has 7 atom stereocenters. The van der Waals surface area contributed by atoms with Crippen molar-refractivity contribution in [3.8, 4) is 29.1 Å². The fraction of sp³-hybridized carbons (Fsp3) is 0.393. The molecule has 7 unspecified atom stereocenters. The number of aromatic hydroxyl groups is 1. The van der Waals surface area contributed by atoms with E-state index in [1.807, 2.05) is 83.8 Å². The number of anilines is 1. The van der Waals surface area contributed by atoms with E-state index in [-0.39, 0.29) is 36.9 Å². The molecule has 4 fully saturated rings. The first-order valence-corrected chi connectivity index (χ1v) is 26.7. The third kappa shape index (κ3) is 9.34. The Hall–Kier alpha value is -7.71. The summed E-state index contributed by atoms with van der Waals surface area (Å²) >= 11 is 0. The molecular formula is C61H63N5O11. The van der Waals surface area contributed by atoms with Gasteiger partial charge in [0.15, 0.2) is 11.5 Å². The second kappa shape index (κ2) is 21.0. The second-order valence-corrected chi connectivity index (χ2v) is 21.4. The van der Waals surface area contributed by atoms with Crippen LogP contribution in [0.15, 0.2) is 121 Å². The van der Waals surface area contributed by atoms with Crippen LogP contribution in [0.1, 0.15) is 104 Å². The highest BCUT2D eigenvalue weighted by Gasteiger charge is 2.76. The van der Waals surface area contributed by atoms with Crippen molar-refractivity contribution in [2.75, 3.05) is 45.0 Å². The Bertz CT molecular complexity index is 3130. The third-order valence-electron chi connectivity index (χ3n) is 16.4. The van der Waals surface area contributed by atoms with E-state index in [0.29, 0.717) is 60.7 Å². The first-order valence-electron chi connectivity index (χ1n) is 26.7. The van der Waals surface area contributed by atoms with Gasteiger partial charge in [0.1, 0.15) is 35.0 Å². The number of cyclic esters (lactones) is 1. The van der Waals surface area contributed by atoms with Gasteiger partial charge in [-0.15, -0.1) is 0 Å². The van der Waals surface area contributed by atoms with Crippen LogP contribution in [-0.2, 0) is 40.6 Å². The van der Waals surface area contributed by atoms with Crippen molar-refractivity contribution >= 4 is 35.5 Å². The highest BCUT2D eigenvalue weighted by atomic mass is 16.7. The number of esters is 2. The second-order valence-electron chi connectivity index (χ2n) is 21.4. The van der Waals surface area contributed by atoms with E-state index < -0.39 is 82.9 Å². The van der Waals surface area contributed by atoms with Gasteiger partial charge in [-0.05, 0) is 102 Å². The lowest BCUT2D eigenvalue weighted by Gasteiger charge is -2.46. The predicted molar refractivity (Wildman–Crippen MR) is 283 cm³/mol. The van der Waals surface area contributed by atoms with Gasteiger partial charge in [0.05, 0.1) is 30.8 Å². The summed E-state index contributed by atoms with van der Waals surface area (Å²) in [6.45, 7) is 5.59. The topological polar surface area (TPSA) is 188 Å². The number of carbonyl (C=O) groups excluding carboxylic acids is 5. The first kappa shape index (κ1) is 51.4. The molecule has 16 nitrogen and oxygen atoms in total. The van der Waals surface area contributed by atoms with Gasteiger partial charge in [0.2, 0.25) is 18.6 Å². The number of rotatable bonds is 9. The number of hydrogen-bond donors (Lipinski definition) is 3. The van der Waals surface area contributed by atoms with E-state index in [1.165, 1.54) is 19.2 Å². The number of hydrogen-bond acceptors (Lipinski definition) is 13. The Balaban J connectivity index is 1.12. The van der Waals surface area contributed by atoms with E-state index in [4.69, 9.17) is 18.9 Å². The van der Waals surface area contributed by atoms with Gasteiger partial charge in [0.25, 0.3) is 0 Å². The molecule has 11 rings (SSSR count). The molecule has 5 aromatic rings. The summed E-state index contributed by atoms with van der Waals surface area (Å²) < 4.78 is 23.0. The Labute approximate surface area is 447 Å². The zero-order valence-electron chi connectivity index (χ0n) is 43.4. The summed E-state index contributed by atoms with van der Waals surface area (Å²) in [5.41, 5.74) is 0.295. The van der Waals surface area contributed by atoms with Gasteiger partial charge in [-0.2, -0.15) is 0 Å². The van der Waals surface area contributed by atoms with Crippen LogP contribution in [0.4, 0.5) is 10.5 Å². The number of carbonyl (C=O) groups is 5. The zero-order chi connectivity index (χ0) is 53.6. The van der Waals surface area contributed by atoms with Gasteiger partial charge in [0, 0.05) is 38.3 Å². The molecule has 0 bridgehead atoms. The molecule has 4 amide bonds. The lowest BCUT2D eigenvalue weighted by molar-refractivity contribution is -0.179. The van der Waals surface area contributed by atoms with Gasteiger partial charge in [-0.1, -0.05) is 117 Å². The average Bonchev–Trinajstić information content (AvgIpc) is 3.46. The van der Waals surface area contributed by atoms with Gasteiger partial charge in [-0.25, -0.2) is 14.5 Å². The summed E-state index contributed by atoms with van der Waals surface area (Å²) in [5.74, 6) is 2.94. The molecule has 5 heterocycles. The molecule has 1 spiro atoms. The van der Waals surface area contributed by atoms with Gasteiger partial charge < -0.3 is 39.4 Å². The first-order chi connectivity index (χ1) is 37.3. The van der Waals surface area contributed by atoms with Crippen LogP contribution >= 0.6 is 0 Å². The maximum atomic E-state index is 16.9. The van der Waals surface area contributed by atoms with Crippen molar-refractivity contribution in [1.82, 2.24) is 20.0 Å². The van der Waals surface area contributed by atoms with Crippen LogP contribution in [0.2, 0.25) is 0 Å². The predicted octanol–water partition coefficient (Wildman–Crippen LogP) is 7.47. The molecule has 0 aromatic heterocycles. The minimum atomic E-state index is -2.11. The Morgan fingerprint density at radius 2 is 1.45 bits per heavy atom. The van der Waals surface area contributed by atoms with E-state index in [2.05, 4.69) is 22.1 Å². The number of aliphatic hydroxyl groups is 1. The van der Waals surface area contributed by atoms with Crippen LogP contribution < -0.4 is 19.7 Å². The van der Waals surface area contributed by atoms with Gasteiger partial charge in [-0.3, -0.25) is 24.2 Å². The van der Waals surface area contributed by atoms with Crippen molar-refractivity contribution in [2.24, 2.45) is 11.8 Å². The van der Waals surface area contributed by atoms with E-state index >= 15 is 19.2 Å². The van der Waals surface area contributed by atoms with E-state index in [9.17, 15) is 15.0 Å². The Morgan fingerprint density at radius 1 is 0.779 bits per heavy atom. The average molecular weight is 1040 g/mol. The minimum absolute atomic E-state index is 0.0564. The SMILES string of the molecule is COC(=O)C(NC(=O)N1C(=O)C2(c3cc(C#CC4(O)CCCCCC4)ccc31)C(C(=O)N1CCN(Cc3ccc4c(c3)OCO4)CC1)C1C(=O)OC(c3ccccc3)C(c3ccccc3)N1C2c1ccc(O)cc1)C(C)C. The van der Waals surface area contributed by atoms with Crippen LogP contribution in [0, 0.1) is 23.7 Å². The summed E-state index contributed by atoms with van der Waals surface area (Å²) in [6.07, 6.45) is 3.62. The third-order valence-corrected chi connectivity index (χ3v) is 16.4. The number of ether oxygens (including phenoxy) is 4. The fourth-order valence-corrected chi connectivity index (χ4v) is 12.7. The molecule has 3 N–H and O–H groups in total. The molecule has 0 radical (unpaired) electrons. The number of urea groups is 1. The molecular weight excluding hydrogens is 979 g/mol. The van der Waals surface area contributed by atoms with E-state index in [1.54, 1.807) is 49.1 Å². The summed E-state index contributed by atoms with van der Waals surface area (Å²) in [4.78, 5) is 84.6. The van der Waals surface area contributed by atoms with Crippen molar-refractivity contribution in [3.05, 3.63) is 155 Å². The summed E-state index contributed by atoms with van der Waals surface area (Å²) in [5, 5.41) is 25.5. The Morgan fingerprint density at radius 3 is 2.13 bits per heavy atom. The number of imide groups is 1. The molecule has 77 heavy (non-hydrogen) atoms. The number of morpholine rings is 1. The number of phenols is 1. The largest absolute Gasteiger partial charge is 0.508 e. The molecule has 1 saturated carbocycles. The number of piperazine rings is 1. The minimum Gasteiger partial charge on any atom is -0.508 e. The maximum Gasteiger partial charge on any atom is 0.329 e. The van der Waals surface area contributed by atoms with Gasteiger partial charge >= 0.3 is 18.0 Å². The molecule has 5 aromatic carbocycles. The number of amides is 4. The molecule has 16 heteroatoms. The number of benzene rings is 5. The lowest BCUT2D eigenvalue weighted by Crippen LogP contribution is -2.59. The monoisotopic (exact) mass is 1040 g/mol. The number of nitrogens with zero attached hydrogens (tertiary/aromatic N) is 4. The van der Waals surface area contributed by atoms with Crippen molar-refractivity contribution < 1.29 is 53.1 Å². The lowest BCUT2D eigenvalue weighted by atomic mass is 9.64. The standard InChI is InChI=1S/C61H63N5O11/c1-38(2)50(56(69)74-3)62-59(72)65-46-24-18-39(26-29-60(73)27-12-4-5-13-28-60)34-45(46)61(58(65)71)49(55(68)64-32-30-63(31-33-64)36-40-19-25-47-48(35-40)76-37-75-47)52-57(70)77-53(42-16-10-7-11-17-42)51(41-14-8-6-9-15-41)66(52)54(61)43-20-22-44(67)23-21-43/h6-11,14-25,34-35,38,49-54,67,73H,4-5,12-13,27-28,30-33,36-37H2,1-3H3,(H,62,72).